The average Bonchev–Trinajstić information content (AvgIpc) is 3.03. The van der Waals surface area contributed by atoms with E-state index in [-0.39, 0.29) is 12.5 Å². The summed E-state index contributed by atoms with van der Waals surface area (Å²) in [6.45, 7) is 4.36. The summed E-state index contributed by atoms with van der Waals surface area (Å²) < 4.78 is 0. The summed E-state index contributed by atoms with van der Waals surface area (Å²) in [5, 5.41) is 23.0. The number of nitrogens with one attached hydrogen (secondary N) is 1. The van der Waals surface area contributed by atoms with Crippen LogP contribution in [-0.2, 0) is 4.79 Å². The number of unbranched alkanes of at least 4 members (excludes halogenated alkanes) is 30. The minimum atomic E-state index is -0.650. The standard InChI is InChI=1S/C40H81NO3/c1-3-5-7-9-11-13-15-16-17-18-19-20-21-22-23-24-25-26-28-30-32-34-36-40(44)41-38(37-42)39(43)35-33-31-29-27-14-12-10-8-6-4-2/h38-39,42-43H,3-37H2,1-2H3,(H,41,44)/t38-,39+/m0/s1. The first-order valence-electron chi connectivity index (χ1n) is 20.2. The van der Waals surface area contributed by atoms with Crippen LogP contribution in [0.2, 0.25) is 0 Å². The Morgan fingerprint density at radius 3 is 1.02 bits per heavy atom. The number of carbonyl (C=O) groups is 1. The summed E-state index contributed by atoms with van der Waals surface area (Å²) in [7, 11) is 0. The zero-order valence-electron chi connectivity index (χ0n) is 30.2. The Morgan fingerprint density at radius 1 is 0.455 bits per heavy atom. The van der Waals surface area contributed by atoms with Gasteiger partial charge in [-0.1, -0.05) is 213 Å². The molecule has 3 N–H and O–H groups in total. The van der Waals surface area contributed by atoms with Gasteiger partial charge in [-0.15, -0.1) is 0 Å². The topological polar surface area (TPSA) is 69.6 Å². The van der Waals surface area contributed by atoms with Crippen LogP contribution >= 0.6 is 0 Å². The van der Waals surface area contributed by atoms with Gasteiger partial charge in [0.25, 0.3) is 0 Å². The van der Waals surface area contributed by atoms with Gasteiger partial charge in [-0.3, -0.25) is 4.79 Å². The van der Waals surface area contributed by atoms with Gasteiger partial charge in [0.05, 0.1) is 18.8 Å². The third-order valence-electron chi connectivity index (χ3n) is 9.62. The van der Waals surface area contributed by atoms with Crippen LogP contribution in [0.25, 0.3) is 0 Å². The van der Waals surface area contributed by atoms with Gasteiger partial charge < -0.3 is 15.5 Å². The molecule has 0 bridgehead atoms. The van der Waals surface area contributed by atoms with Gasteiger partial charge in [0, 0.05) is 6.42 Å². The van der Waals surface area contributed by atoms with Crippen molar-refractivity contribution < 1.29 is 15.0 Å². The molecule has 0 spiro atoms. The van der Waals surface area contributed by atoms with Crippen LogP contribution in [0.5, 0.6) is 0 Å². The van der Waals surface area contributed by atoms with Crippen molar-refractivity contribution in [2.75, 3.05) is 6.61 Å². The number of hydrogen-bond acceptors (Lipinski definition) is 3. The van der Waals surface area contributed by atoms with E-state index in [0.29, 0.717) is 12.8 Å². The van der Waals surface area contributed by atoms with Crippen molar-refractivity contribution in [3.63, 3.8) is 0 Å². The molecule has 0 aromatic heterocycles. The fourth-order valence-corrected chi connectivity index (χ4v) is 6.48. The monoisotopic (exact) mass is 624 g/mol. The van der Waals surface area contributed by atoms with Gasteiger partial charge in [-0.2, -0.15) is 0 Å². The second kappa shape index (κ2) is 36.9. The van der Waals surface area contributed by atoms with Crippen LogP contribution in [0.1, 0.15) is 232 Å². The molecule has 0 rings (SSSR count). The highest BCUT2D eigenvalue weighted by Crippen LogP contribution is 2.16. The van der Waals surface area contributed by atoms with Crippen LogP contribution in [0.4, 0.5) is 0 Å². The van der Waals surface area contributed by atoms with E-state index in [1.54, 1.807) is 0 Å². The minimum absolute atomic E-state index is 0.0284. The summed E-state index contributed by atoms with van der Waals surface area (Å²) in [4.78, 5) is 12.3. The van der Waals surface area contributed by atoms with Crippen LogP contribution in [-0.4, -0.2) is 34.9 Å². The van der Waals surface area contributed by atoms with Crippen molar-refractivity contribution in [2.24, 2.45) is 0 Å². The molecular weight excluding hydrogens is 542 g/mol. The summed E-state index contributed by atoms with van der Waals surface area (Å²) in [5.41, 5.74) is 0. The molecule has 0 aliphatic rings. The smallest absolute Gasteiger partial charge is 0.220 e. The molecule has 2 atom stereocenters. The third-order valence-corrected chi connectivity index (χ3v) is 9.62. The molecule has 0 saturated heterocycles. The van der Waals surface area contributed by atoms with E-state index in [4.69, 9.17) is 0 Å². The molecule has 0 aromatic rings. The van der Waals surface area contributed by atoms with Crippen molar-refractivity contribution in [1.29, 1.82) is 0 Å². The molecule has 0 unspecified atom stereocenters. The van der Waals surface area contributed by atoms with Crippen molar-refractivity contribution in [2.45, 2.75) is 244 Å². The zero-order valence-corrected chi connectivity index (χ0v) is 30.2. The molecule has 0 aliphatic carbocycles. The van der Waals surface area contributed by atoms with E-state index in [2.05, 4.69) is 19.2 Å². The van der Waals surface area contributed by atoms with E-state index in [1.165, 1.54) is 180 Å². The van der Waals surface area contributed by atoms with Crippen LogP contribution in [0, 0.1) is 0 Å². The molecule has 0 aromatic carbocycles. The Labute approximate surface area is 276 Å². The fraction of sp³-hybridized carbons (Fsp3) is 0.975. The lowest BCUT2D eigenvalue weighted by Gasteiger charge is -2.22. The number of hydrogen-bond donors (Lipinski definition) is 3. The maximum absolute atomic E-state index is 12.3. The molecule has 4 heteroatoms. The van der Waals surface area contributed by atoms with Crippen LogP contribution < -0.4 is 5.32 Å². The normalized spacial score (nSPS) is 12.9. The molecular formula is C40H81NO3. The second-order valence-corrected chi connectivity index (χ2v) is 14.1. The fourth-order valence-electron chi connectivity index (χ4n) is 6.48. The summed E-state index contributed by atoms with van der Waals surface area (Å²) in [5.74, 6) is -0.0284. The Hall–Kier alpha value is -0.610. The predicted molar refractivity (Wildman–Crippen MR) is 193 cm³/mol. The molecule has 1 amide bonds. The number of rotatable bonds is 37. The van der Waals surface area contributed by atoms with Gasteiger partial charge in [-0.25, -0.2) is 0 Å². The number of aliphatic hydroxyl groups is 2. The lowest BCUT2D eigenvalue weighted by atomic mass is 10.0. The first-order chi connectivity index (χ1) is 21.7. The van der Waals surface area contributed by atoms with Crippen molar-refractivity contribution in [3.05, 3.63) is 0 Å². The van der Waals surface area contributed by atoms with Gasteiger partial charge in [0.2, 0.25) is 5.91 Å². The molecule has 0 saturated carbocycles. The van der Waals surface area contributed by atoms with Gasteiger partial charge in [0.15, 0.2) is 0 Å². The van der Waals surface area contributed by atoms with E-state index in [0.717, 1.165) is 25.7 Å². The van der Waals surface area contributed by atoms with Crippen LogP contribution in [0.3, 0.4) is 0 Å². The van der Waals surface area contributed by atoms with Gasteiger partial charge in [-0.05, 0) is 12.8 Å². The van der Waals surface area contributed by atoms with Crippen molar-refractivity contribution in [1.82, 2.24) is 5.32 Å². The molecule has 264 valence electrons. The summed E-state index contributed by atoms with van der Waals surface area (Å²) >= 11 is 0. The van der Waals surface area contributed by atoms with E-state index < -0.39 is 12.1 Å². The molecule has 4 nitrogen and oxygen atoms in total. The maximum atomic E-state index is 12.3. The molecule has 0 radical (unpaired) electrons. The first kappa shape index (κ1) is 43.4. The third kappa shape index (κ3) is 32.8. The molecule has 44 heavy (non-hydrogen) atoms. The quantitative estimate of drug-likeness (QED) is 0.0603. The number of carbonyl (C=O) groups excluding carboxylic acids is 1. The Morgan fingerprint density at radius 2 is 0.727 bits per heavy atom. The molecule has 0 fully saturated rings. The lowest BCUT2D eigenvalue weighted by molar-refractivity contribution is -0.123. The van der Waals surface area contributed by atoms with Crippen molar-refractivity contribution in [3.8, 4) is 0 Å². The Balaban J connectivity index is 3.43. The largest absolute Gasteiger partial charge is 0.394 e. The van der Waals surface area contributed by atoms with Crippen molar-refractivity contribution >= 4 is 5.91 Å². The highest BCUT2D eigenvalue weighted by Gasteiger charge is 2.19. The van der Waals surface area contributed by atoms with E-state index >= 15 is 0 Å². The maximum Gasteiger partial charge on any atom is 0.220 e. The average molecular weight is 624 g/mol. The first-order valence-corrected chi connectivity index (χ1v) is 20.2. The highest BCUT2D eigenvalue weighted by molar-refractivity contribution is 5.76. The summed E-state index contributed by atoms with van der Waals surface area (Å²) in [6.07, 6.45) is 43.2. The Kier molecular flexibility index (Phi) is 36.3. The molecule has 0 heterocycles. The van der Waals surface area contributed by atoms with E-state index in [1.807, 2.05) is 0 Å². The van der Waals surface area contributed by atoms with Gasteiger partial charge >= 0.3 is 0 Å². The number of amides is 1. The minimum Gasteiger partial charge on any atom is -0.394 e. The highest BCUT2D eigenvalue weighted by atomic mass is 16.3. The molecule has 0 aliphatic heterocycles. The van der Waals surface area contributed by atoms with Gasteiger partial charge in [0.1, 0.15) is 0 Å². The Bertz CT molecular complexity index is 555. The predicted octanol–water partition coefficient (Wildman–Crippen LogP) is 12.1. The second-order valence-electron chi connectivity index (χ2n) is 14.1. The zero-order chi connectivity index (χ0) is 32.2. The van der Waals surface area contributed by atoms with E-state index in [9.17, 15) is 15.0 Å². The number of aliphatic hydroxyl groups excluding tert-OH is 2. The summed E-state index contributed by atoms with van der Waals surface area (Å²) in [6, 6.07) is -0.527. The van der Waals surface area contributed by atoms with Crippen LogP contribution in [0.15, 0.2) is 0 Å². The SMILES string of the molecule is CCCCCCCCCCCCCCCCCCCCCCCCC(=O)N[C@@H](CO)[C@H](O)CCCCCCCCCCCC. The lowest BCUT2D eigenvalue weighted by Crippen LogP contribution is -2.45.